The molecule has 0 aromatic carbocycles. The summed E-state index contributed by atoms with van der Waals surface area (Å²) >= 11 is 0. The number of carbonyl (C=O) groups is 1. The van der Waals surface area contributed by atoms with Gasteiger partial charge in [0.05, 0.1) is 7.11 Å². The van der Waals surface area contributed by atoms with E-state index in [1.807, 2.05) is 24.4 Å². The van der Waals surface area contributed by atoms with Crippen LogP contribution in [0.1, 0.15) is 19.8 Å². The molecule has 1 rings (SSSR count). The van der Waals surface area contributed by atoms with Gasteiger partial charge in [-0.05, 0) is 24.0 Å². The second-order valence-electron chi connectivity index (χ2n) is 4.00. The van der Waals surface area contributed by atoms with Crippen LogP contribution in [0.25, 0.3) is 0 Å². The Labute approximate surface area is 103 Å². The molecule has 1 heterocycles. The van der Waals surface area contributed by atoms with Gasteiger partial charge in [0.2, 0.25) is 0 Å². The summed E-state index contributed by atoms with van der Waals surface area (Å²) in [5.74, 6) is 0.113. The molecule has 92 valence electrons. The standard InChI is InChI=1S/C14H19NO2/c1-11-6-4-5-7-12(2)15-10-13(11)8-9-14(16)17-3/h4-7,10-11,15H,2,8-9H2,1,3H3/b6-4-,7-5-,13-10-. The van der Waals surface area contributed by atoms with E-state index in [0.717, 1.165) is 11.3 Å². The van der Waals surface area contributed by atoms with Gasteiger partial charge in [0.15, 0.2) is 0 Å². The first-order valence-electron chi connectivity index (χ1n) is 5.69. The molecule has 0 saturated carbocycles. The lowest BCUT2D eigenvalue weighted by Crippen LogP contribution is -2.08. The number of methoxy groups -OCH3 is 1. The first kappa shape index (κ1) is 13.3. The molecule has 1 N–H and O–H groups in total. The Morgan fingerprint density at radius 3 is 3.00 bits per heavy atom. The number of ether oxygens (including phenoxy) is 1. The maximum absolute atomic E-state index is 11.1. The number of nitrogens with one attached hydrogen (secondary N) is 1. The predicted octanol–water partition coefficient (Wildman–Crippen LogP) is 2.69. The molecule has 0 bridgehead atoms. The molecule has 1 aliphatic rings. The van der Waals surface area contributed by atoms with E-state index in [2.05, 4.69) is 29.6 Å². The van der Waals surface area contributed by atoms with E-state index in [-0.39, 0.29) is 5.97 Å². The van der Waals surface area contributed by atoms with Crippen LogP contribution in [0.4, 0.5) is 0 Å². The van der Waals surface area contributed by atoms with E-state index in [0.29, 0.717) is 18.8 Å². The molecule has 0 aliphatic carbocycles. The lowest BCUT2D eigenvalue weighted by atomic mass is 9.97. The normalized spacial score (nSPS) is 26.6. The van der Waals surface area contributed by atoms with Gasteiger partial charge in [0.1, 0.15) is 0 Å². The molecule has 0 aromatic rings. The van der Waals surface area contributed by atoms with Crippen LogP contribution in [0.15, 0.2) is 48.4 Å². The topological polar surface area (TPSA) is 38.3 Å². The third-order valence-corrected chi connectivity index (χ3v) is 2.68. The number of rotatable bonds is 3. The second kappa shape index (κ2) is 6.74. The third-order valence-electron chi connectivity index (χ3n) is 2.68. The highest BCUT2D eigenvalue weighted by Gasteiger charge is 2.09. The monoisotopic (exact) mass is 233 g/mol. The van der Waals surface area contributed by atoms with Gasteiger partial charge < -0.3 is 10.1 Å². The molecule has 0 amide bonds. The van der Waals surface area contributed by atoms with E-state index in [1.165, 1.54) is 7.11 Å². The van der Waals surface area contributed by atoms with Crippen LogP contribution < -0.4 is 5.32 Å². The van der Waals surface area contributed by atoms with Crippen molar-refractivity contribution in [3.8, 4) is 0 Å². The second-order valence-corrected chi connectivity index (χ2v) is 4.00. The fourth-order valence-electron chi connectivity index (χ4n) is 1.54. The van der Waals surface area contributed by atoms with Crippen molar-refractivity contribution in [3.05, 3.63) is 48.4 Å². The molecule has 1 atom stereocenters. The van der Waals surface area contributed by atoms with E-state index >= 15 is 0 Å². The smallest absolute Gasteiger partial charge is 0.305 e. The highest BCUT2D eigenvalue weighted by Crippen LogP contribution is 2.18. The first-order chi connectivity index (χ1) is 8.13. The van der Waals surface area contributed by atoms with Crippen LogP contribution in [-0.2, 0) is 9.53 Å². The molecule has 1 aliphatic heterocycles. The Kier molecular flexibility index (Phi) is 5.27. The van der Waals surface area contributed by atoms with Crippen molar-refractivity contribution in [1.29, 1.82) is 0 Å². The summed E-state index contributed by atoms with van der Waals surface area (Å²) in [5, 5.41) is 3.11. The number of allylic oxidation sites excluding steroid dienone is 5. The number of esters is 1. The van der Waals surface area contributed by atoms with Gasteiger partial charge in [-0.3, -0.25) is 4.79 Å². The molecule has 0 spiro atoms. The maximum atomic E-state index is 11.1. The summed E-state index contributed by atoms with van der Waals surface area (Å²) in [6.07, 6.45) is 11.0. The van der Waals surface area contributed by atoms with Crippen molar-refractivity contribution in [2.75, 3.05) is 7.11 Å². The molecule has 0 radical (unpaired) electrons. The average molecular weight is 233 g/mol. The Morgan fingerprint density at radius 2 is 2.29 bits per heavy atom. The first-order valence-corrected chi connectivity index (χ1v) is 5.69. The molecule has 1 unspecified atom stereocenters. The Balaban J connectivity index is 2.69. The Morgan fingerprint density at radius 1 is 1.53 bits per heavy atom. The lowest BCUT2D eigenvalue weighted by Gasteiger charge is -2.12. The zero-order chi connectivity index (χ0) is 12.7. The SMILES string of the molecule is C=C1/C=C\C=C/C(C)/C(CCC(=O)OC)=C\N1. The lowest BCUT2D eigenvalue weighted by molar-refractivity contribution is -0.140. The van der Waals surface area contributed by atoms with Gasteiger partial charge >= 0.3 is 5.97 Å². The van der Waals surface area contributed by atoms with Crippen molar-refractivity contribution >= 4 is 5.97 Å². The molecular formula is C14H19NO2. The predicted molar refractivity (Wildman–Crippen MR) is 69.1 cm³/mol. The fourth-order valence-corrected chi connectivity index (χ4v) is 1.54. The van der Waals surface area contributed by atoms with Crippen molar-refractivity contribution < 1.29 is 9.53 Å². The number of hydrogen-bond acceptors (Lipinski definition) is 3. The zero-order valence-corrected chi connectivity index (χ0v) is 10.4. The molecule has 3 heteroatoms. The largest absolute Gasteiger partial charge is 0.469 e. The summed E-state index contributed by atoms with van der Waals surface area (Å²) in [5.41, 5.74) is 2.00. The minimum Gasteiger partial charge on any atom is -0.469 e. The molecule has 0 saturated heterocycles. The quantitative estimate of drug-likeness (QED) is 0.762. The fraction of sp³-hybridized carbons (Fsp3) is 0.357. The van der Waals surface area contributed by atoms with Crippen molar-refractivity contribution in [2.24, 2.45) is 5.92 Å². The third kappa shape index (κ3) is 4.72. The minimum absolute atomic E-state index is 0.182. The van der Waals surface area contributed by atoms with E-state index < -0.39 is 0 Å². The van der Waals surface area contributed by atoms with Crippen LogP contribution in [0.3, 0.4) is 0 Å². The van der Waals surface area contributed by atoms with Gasteiger partial charge in [-0.1, -0.05) is 31.7 Å². The minimum atomic E-state index is -0.182. The van der Waals surface area contributed by atoms with Crippen LogP contribution >= 0.6 is 0 Å². The van der Waals surface area contributed by atoms with Gasteiger partial charge in [-0.15, -0.1) is 0 Å². The van der Waals surface area contributed by atoms with Gasteiger partial charge in [-0.25, -0.2) is 0 Å². The molecule has 3 nitrogen and oxygen atoms in total. The van der Waals surface area contributed by atoms with Gasteiger partial charge in [-0.2, -0.15) is 0 Å². The number of carbonyl (C=O) groups excluding carboxylic acids is 1. The van der Waals surface area contributed by atoms with Crippen LogP contribution in [0.2, 0.25) is 0 Å². The van der Waals surface area contributed by atoms with Crippen LogP contribution in [0.5, 0.6) is 0 Å². The molecule has 0 fully saturated rings. The highest BCUT2D eigenvalue weighted by molar-refractivity contribution is 5.69. The number of hydrogen-bond donors (Lipinski definition) is 1. The average Bonchev–Trinajstić information content (AvgIpc) is 2.40. The van der Waals surface area contributed by atoms with Crippen molar-refractivity contribution in [2.45, 2.75) is 19.8 Å². The van der Waals surface area contributed by atoms with E-state index in [4.69, 9.17) is 0 Å². The van der Waals surface area contributed by atoms with Crippen molar-refractivity contribution in [1.82, 2.24) is 5.32 Å². The van der Waals surface area contributed by atoms with Crippen molar-refractivity contribution in [3.63, 3.8) is 0 Å². The Hall–Kier alpha value is -1.77. The molecule has 0 aromatic heterocycles. The highest BCUT2D eigenvalue weighted by atomic mass is 16.5. The van der Waals surface area contributed by atoms with Crippen LogP contribution in [-0.4, -0.2) is 13.1 Å². The summed E-state index contributed by atoms with van der Waals surface area (Å²) in [7, 11) is 1.41. The summed E-state index contributed by atoms with van der Waals surface area (Å²) in [4.78, 5) is 11.1. The van der Waals surface area contributed by atoms with Gasteiger partial charge in [0, 0.05) is 18.3 Å². The van der Waals surface area contributed by atoms with Crippen LogP contribution in [0, 0.1) is 5.92 Å². The van der Waals surface area contributed by atoms with E-state index in [1.54, 1.807) is 0 Å². The Bertz CT molecular complexity index is 378. The maximum Gasteiger partial charge on any atom is 0.305 e. The van der Waals surface area contributed by atoms with Gasteiger partial charge in [0.25, 0.3) is 0 Å². The summed E-state index contributed by atoms with van der Waals surface area (Å²) in [6, 6.07) is 0. The molecule has 17 heavy (non-hydrogen) atoms. The summed E-state index contributed by atoms with van der Waals surface area (Å²) < 4.78 is 4.64. The van der Waals surface area contributed by atoms with E-state index in [9.17, 15) is 4.79 Å². The molecular weight excluding hydrogens is 214 g/mol. The summed E-state index contributed by atoms with van der Waals surface area (Å²) in [6.45, 7) is 5.96. The zero-order valence-electron chi connectivity index (χ0n) is 10.4.